The van der Waals surface area contributed by atoms with Crippen molar-refractivity contribution >= 4 is 11.6 Å². The smallest absolute Gasteiger partial charge is 0.174 e. The fraction of sp³-hybridized carbons (Fsp3) is 0.238. The van der Waals surface area contributed by atoms with E-state index in [2.05, 4.69) is 0 Å². The van der Waals surface area contributed by atoms with Gasteiger partial charge in [0.1, 0.15) is 17.2 Å². The molecule has 0 saturated carbocycles. The van der Waals surface area contributed by atoms with Gasteiger partial charge in [0, 0.05) is 11.1 Å². The van der Waals surface area contributed by atoms with Gasteiger partial charge in [0.2, 0.25) is 0 Å². The normalized spacial score (nSPS) is 10.3. The maximum Gasteiger partial charge on any atom is 0.174 e. The van der Waals surface area contributed by atoms with Crippen molar-refractivity contribution in [1.29, 1.82) is 0 Å². The van der Waals surface area contributed by atoms with E-state index in [1.54, 1.807) is 0 Å². The minimum atomic E-state index is -0.390. The van der Waals surface area contributed by atoms with Crippen molar-refractivity contribution in [3.05, 3.63) is 64.7 Å². The van der Waals surface area contributed by atoms with E-state index in [0.717, 1.165) is 5.57 Å². The van der Waals surface area contributed by atoms with Gasteiger partial charge in [-0.05, 0) is 56.7 Å². The Morgan fingerprint density at radius 3 is 2.23 bits per heavy atom. The van der Waals surface area contributed by atoms with Crippen molar-refractivity contribution in [2.75, 3.05) is 7.11 Å². The molecule has 2 aromatic carbocycles. The zero-order chi connectivity index (χ0) is 19.3. The van der Waals surface area contributed by atoms with E-state index in [4.69, 9.17) is 4.74 Å². The van der Waals surface area contributed by atoms with Crippen LogP contribution >= 0.6 is 0 Å². The highest BCUT2D eigenvalue weighted by molar-refractivity contribution is 6.14. The standard InChI is InChI=1S/C21H22O5/c1-13(2)4-9-16-18(23)11-10-17(21(16)26-3)20(25)12-19(24)14-5-7-15(22)8-6-14/h4-8,10-11,22-23H,9,12H2,1-3H3. The van der Waals surface area contributed by atoms with Crippen molar-refractivity contribution in [2.45, 2.75) is 26.7 Å². The molecule has 5 heteroatoms. The Hall–Kier alpha value is -3.08. The largest absolute Gasteiger partial charge is 0.508 e. The Labute approximate surface area is 152 Å². The lowest BCUT2D eigenvalue weighted by atomic mass is 9.97. The van der Waals surface area contributed by atoms with Crippen LogP contribution in [0, 0.1) is 0 Å². The monoisotopic (exact) mass is 354 g/mol. The number of carbonyl (C=O) groups excluding carboxylic acids is 2. The van der Waals surface area contributed by atoms with Crippen LogP contribution in [0.25, 0.3) is 0 Å². The Morgan fingerprint density at radius 2 is 1.65 bits per heavy atom. The molecule has 2 rings (SSSR count). The van der Waals surface area contributed by atoms with Gasteiger partial charge in [-0.25, -0.2) is 0 Å². The molecule has 0 aliphatic carbocycles. The molecule has 0 spiro atoms. The summed E-state index contributed by atoms with van der Waals surface area (Å²) in [7, 11) is 1.43. The number of ether oxygens (including phenoxy) is 1. The van der Waals surface area contributed by atoms with Gasteiger partial charge in [-0.1, -0.05) is 11.6 Å². The molecule has 2 N–H and O–H groups in total. The van der Waals surface area contributed by atoms with E-state index in [-0.39, 0.29) is 35.0 Å². The number of allylic oxidation sites excluding steroid dienone is 2. The summed E-state index contributed by atoms with van der Waals surface area (Å²) in [4.78, 5) is 24.9. The van der Waals surface area contributed by atoms with Gasteiger partial charge in [0.05, 0.1) is 19.1 Å². The summed E-state index contributed by atoms with van der Waals surface area (Å²) >= 11 is 0. The molecule has 0 unspecified atom stereocenters. The van der Waals surface area contributed by atoms with Crippen LogP contribution in [0.3, 0.4) is 0 Å². The summed E-state index contributed by atoms with van der Waals surface area (Å²) < 4.78 is 5.36. The number of carbonyl (C=O) groups is 2. The first kappa shape index (κ1) is 19.2. The summed E-state index contributed by atoms with van der Waals surface area (Å²) in [5, 5.41) is 19.4. The first-order valence-electron chi connectivity index (χ1n) is 8.21. The molecule has 0 aliphatic heterocycles. The van der Waals surface area contributed by atoms with E-state index < -0.39 is 5.78 Å². The third-order valence-corrected chi connectivity index (χ3v) is 3.97. The van der Waals surface area contributed by atoms with Crippen LogP contribution in [-0.4, -0.2) is 28.9 Å². The number of rotatable bonds is 7. The van der Waals surface area contributed by atoms with E-state index in [0.29, 0.717) is 17.5 Å². The molecule has 0 radical (unpaired) electrons. The first-order valence-corrected chi connectivity index (χ1v) is 8.21. The molecule has 0 aliphatic rings. The zero-order valence-electron chi connectivity index (χ0n) is 15.1. The zero-order valence-corrected chi connectivity index (χ0v) is 15.1. The molecule has 136 valence electrons. The molecule has 0 fully saturated rings. The highest BCUT2D eigenvalue weighted by Gasteiger charge is 2.21. The fourth-order valence-electron chi connectivity index (χ4n) is 2.56. The molecule has 26 heavy (non-hydrogen) atoms. The van der Waals surface area contributed by atoms with Gasteiger partial charge in [-0.2, -0.15) is 0 Å². The molecule has 0 atom stereocenters. The Balaban J connectivity index is 2.30. The third-order valence-electron chi connectivity index (χ3n) is 3.97. The van der Waals surface area contributed by atoms with Gasteiger partial charge in [0.15, 0.2) is 11.6 Å². The summed E-state index contributed by atoms with van der Waals surface area (Å²) in [5.41, 5.74) is 2.19. The molecular formula is C21H22O5. The molecule has 0 heterocycles. The molecule has 0 amide bonds. The molecule has 0 aromatic heterocycles. The maximum absolute atomic E-state index is 12.6. The van der Waals surface area contributed by atoms with Crippen LogP contribution in [0.4, 0.5) is 0 Å². The summed E-state index contributed by atoms with van der Waals surface area (Å²) in [5.74, 6) is -0.363. The van der Waals surface area contributed by atoms with E-state index in [1.807, 2.05) is 19.9 Å². The second-order valence-electron chi connectivity index (χ2n) is 6.20. The summed E-state index contributed by atoms with van der Waals surface area (Å²) in [6, 6.07) is 8.65. The lowest BCUT2D eigenvalue weighted by molar-refractivity contribution is 0.0892. The number of hydrogen-bond donors (Lipinski definition) is 2. The Bertz CT molecular complexity index is 843. The van der Waals surface area contributed by atoms with E-state index >= 15 is 0 Å². The van der Waals surface area contributed by atoms with Crippen LogP contribution in [0.2, 0.25) is 0 Å². The highest BCUT2D eigenvalue weighted by Crippen LogP contribution is 2.33. The molecular weight excluding hydrogens is 332 g/mol. The lowest BCUT2D eigenvalue weighted by Crippen LogP contribution is -2.11. The van der Waals surface area contributed by atoms with Crippen molar-refractivity contribution in [3.8, 4) is 17.2 Å². The minimum absolute atomic E-state index is 0.0424. The van der Waals surface area contributed by atoms with Gasteiger partial charge in [-0.3, -0.25) is 9.59 Å². The van der Waals surface area contributed by atoms with Crippen molar-refractivity contribution in [1.82, 2.24) is 0 Å². The van der Waals surface area contributed by atoms with Crippen molar-refractivity contribution in [2.24, 2.45) is 0 Å². The number of ketones is 2. The van der Waals surface area contributed by atoms with Crippen LogP contribution in [0.5, 0.6) is 17.2 Å². The Morgan fingerprint density at radius 1 is 1.00 bits per heavy atom. The SMILES string of the molecule is COc1c(C(=O)CC(=O)c2ccc(O)cc2)ccc(O)c1CC=C(C)C. The van der Waals surface area contributed by atoms with E-state index in [9.17, 15) is 19.8 Å². The van der Waals surface area contributed by atoms with Crippen LogP contribution in [0.15, 0.2) is 48.0 Å². The predicted octanol–water partition coefficient (Wildman–Crippen LogP) is 4.07. The Kier molecular flexibility index (Phi) is 6.17. The third kappa shape index (κ3) is 4.51. The van der Waals surface area contributed by atoms with Crippen LogP contribution in [-0.2, 0) is 6.42 Å². The second-order valence-corrected chi connectivity index (χ2v) is 6.20. The summed E-state index contributed by atoms with van der Waals surface area (Å²) in [6.07, 6.45) is 2.02. The van der Waals surface area contributed by atoms with Gasteiger partial charge >= 0.3 is 0 Å². The van der Waals surface area contributed by atoms with Gasteiger partial charge < -0.3 is 14.9 Å². The number of hydrogen-bond acceptors (Lipinski definition) is 5. The van der Waals surface area contributed by atoms with Crippen LogP contribution < -0.4 is 4.74 Å². The van der Waals surface area contributed by atoms with Gasteiger partial charge in [0.25, 0.3) is 0 Å². The highest BCUT2D eigenvalue weighted by atomic mass is 16.5. The molecule has 0 saturated heterocycles. The number of phenols is 2. The van der Waals surface area contributed by atoms with Crippen molar-refractivity contribution in [3.63, 3.8) is 0 Å². The maximum atomic E-state index is 12.6. The van der Waals surface area contributed by atoms with Crippen LogP contribution in [0.1, 0.15) is 46.5 Å². The topological polar surface area (TPSA) is 83.8 Å². The number of aromatic hydroxyl groups is 2. The van der Waals surface area contributed by atoms with Gasteiger partial charge in [-0.15, -0.1) is 0 Å². The number of methoxy groups -OCH3 is 1. The fourth-order valence-corrected chi connectivity index (χ4v) is 2.56. The average Bonchev–Trinajstić information content (AvgIpc) is 2.60. The van der Waals surface area contributed by atoms with Crippen molar-refractivity contribution < 1.29 is 24.5 Å². The summed E-state index contributed by atoms with van der Waals surface area (Å²) in [6.45, 7) is 3.88. The second kappa shape index (κ2) is 8.34. The number of phenolic OH excluding ortho intramolecular Hbond substituents is 2. The first-order chi connectivity index (χ1) is 12.3. The molecule has 2 aromatic rings. The molecule has 5 nitrogen and oxygen atoms in total. The average molecular weight is 354 g/mol. The van der Waals surface area contributed by atoms with E-state index in [1.165, 1.54) is 43.5 Å². The predicted molar refractivity (Wildman–Crippen MR) is 99.2 cm³/mol. The quantitative estimate of drug-likeness (QED) is 0.445. The number of Topliss-reactive ketones (excluding diaryl/α,β-unsaturated/α-hetero) is 2. The minimum Gasteiger partial charge on any atom is -0.508 e. The molecule has 0 bridgehead atoms. The lowest BCUT2D eigenvalue weighted by Gasteiger charge is -2.14. The number of benzene rings is 2.